The molecule has 2 heterocycles. The zero-order valence-electron chi connectivity index (χ0n) is 10.1. The molecule has 1 aliphatic heterocycles. The molecule has 1 N–H and O–H groups in total. The van der Waals surface area contributed by atoms with Crippen LogP contribution in [0.4, 0.5) is 5.69 Å². The van der Waals surface area contributed by atoms with Crippen LogP contribution in [-0.2, 0) is 0 Å². The summed E-state index contributed by atoms with van der Waals surface area (Å²) in [4.78, 5) is 17.3. The fourth-order valence-corrected chi connectivity index (χ4v) is 2.43. The second-order valence-corrected chi connectivity index (χ2v) is 4.57. The van der Waals surface area contributed by atoms with Crippen molar-refractivity contribution in [3.63, 3.8) is 0 Å². The van der Waals surface area contributed by atoms with Crippen LogP contribution in [0, 0.1) is 0 Å². The maximum atomic E-state index is 11.2. The zero-order chi connectivity index (χ0) is 12.3. The molecule has 1 fully saturated rings. The number of carbonyl (C=O) groups is 1. The normalized spacial score (nSPS) is 21.0. The molecule has 0 saturated carbocycles. The van der Waals surface area contributed by atoms with E-state index in [1.807, 2.05) is 6.07 Å². The molecule has 1 aromatic heterocycles. The van der Waals surface area contributed by atoms with Crippen LogP contribution in [0.25, 0.3) is 0 Å². The van der Waals surface area contributed by atoms with Gasteiger partial charge in [0.05, 0.1) is 5.69 Å². The lowest BCUT2D eigenvalue weighted by Gasteiger charge is -2.30. The molecule has 0 aliphatic carbocycles. The molecule has 0 aromatic carbocycles. The van der Waals surface area contributed by atoms with Gasteiger partial charge in [-0.3, -0.25) is 0 Å². The van der Waals surface area contributed by atoms with E-state index in [-0.39, 0.29) is 5.69 Å². The van der Waals surface area contributed by atoms with Gasteiger partial charge in [-0.25, -0.2) is 9.78 Å². The Balaban J connectivity index is 2.34. The molecule has 0 radical (unpaired) electrons. The third kappa shape index (κ3) is 2.57. The monoisotopic (exact) mass is 234 g/mol. The molecule has 0 spiro atoms. The highest BCUT2D eigenvalue weighted by molar-refractivity contribution is 5.92. The summed E-state index contributed by atoms with van der Waals surface area (Å²) < 4.78 is 0. The number of aromatic nitrogens is 1. The van der Waals surface area contributed by atoms with Crippen LogP contribution in [0.1, 0.15) is 43.1 Å². The number of rotatable bonds is 2. The van der Waals surface area contributed by atoms with Crippen molar-refractivity contribution in [2.24, 2.45) is 0 Å². The van der Waals surface area contributed by atoms with Crippen molar-refractivity contribution in [2.75, 3.05) is 11.4 Å². The summed E-state index contributed by atoms with van der Waals surface area (Å²) in [6.07, 6.45) is 6.23. The van der Waals surface area contributed by atoms with Crippen LogP contribution in [0.2, 0.25) is 0 Å². The Morgan fingerprint density at radius 3 is 3.06 bits per heavy atom. The van der Waals surface area contributed by atoms with E-state index >= 15 is 0 Å². The zero-order valence-corrected chi connectivity index (χ0v) is 10.1. The van der Waals surface area contributed by atoms with Gasteiger partial charge in [-0.2, -0.15) is 0 Å². The first-order chi connectivity index (χ1) is 8.20. The minimum Gasteiger partial charge on any atom is -0.476 e. The van der Waals surface area contributed by atoms with Crippen molar-refractivity contribution in [1.82, 2.24) is 4.98 Å². The molecule has 2 rings (SSSR count). The largest absolute Gasteiger partial charge is 0.476 e. The van der Waals surface area contributed by atoms with E-state index < -0.39 is 5.97 Å². The number of anilines is 1. The van der Waals surface area contributed by atoms with Crippen molar-refractivity contribution in [3.05, 3.63) is 24.0 Å². The van der Waals surface area contributed by atoms with E-state index in [2.05, 4.69) is 16.8 Å². The number of carboxylic acids is 1. The van der Waals surface area contributed by atoms with Crippen LogP contribution in [0.5, 0.6) is 0 Å². The first-order valence-electron chi connectivity index (χ1n) is 6.15. The summed E-state index contributed by atoms with van der Waals surface area (Å²) in [6, 6.07) is 4.05. The van der Waals surface area contributed by atoms with Gasteiger partial charge in [-0.05, 0) is 31.9 Å². The molecule has 1 saturated heterocycles. The van der Waals surface area contributed by atoms with Gasteiger partial charge in [0.1, 0.15) is 0 Å². The number of hydrogen-bond donors (Lipinski definition) is 1. The molecule has 1 unspecified atom stereocenters. The SMILES string of the molecule is CC1CCCCCN1c1cccnc1C(=O)O. The Morgan fingerprint density at radius 2 is 2.29 bits per heavy atom. The number of hydrogen-bond acceptors (Lipinski definition) is 3. The fraction of sp³-hybridized carbons (Fsp3) is 0.538. The lowest BCUT2D eigenvalue weighted by molar-refractivity contribution is 0.0691. The summed E-state index contributed by atoms with van der Waals surface area (Å²) >= 11 is 0. The summed E-state index contributed by atoms with van der Waals surface area (Å²) in [5, 5.41) is 9.16. The maximum absolute atomic E-state index is 11.2. The molecule has 92 valence electrons. The Hall–Kier alpha value is -1.58. The van der Waals surface area contributed by atoms with Crippen molar-refractivity contribution in [2.45, 2.75) is 38.6 Å². The highest BCUT2D eigenvalue weighted by atomic mass is 16.4. The molecular formula is C13H18N2O2. The van der Waals surface area contributed by atoms with Gasteiger partial charge in [0.25, 0.3) is 0 Å². The third-order valence-electron chi connectivity index (χ3n) is 3.35. The van der Waals surface area contributed by atoms with Crippen molar-refractivity contribution in [1.29, 1.82) is 0 Å². The van der Waals surface area contributed by atoms with E-state index in [0.29, 0.717) is 6.04 Å². The Kier molecular flexibility index (Phi) is 3.61. The number of carboxylic acid groups (broad SMARTS) is 1. The highest BCUT2D eigenvalue weighted by Crippen LogP contribution is 2.26. The first kappa shape index (κ1) is 11.9. The summed E-state index contributed by atoms with van der Waals surface area (Å²) in [5.74, 6) is -0.947. The molecule has 1 aromatic rings. The van der Waals surface area contributed by atoms with Crippen LogP contribution < -0.4 is 4.90 Å². The highest BCUT2D eigenvalue weighted by Gasteiger charge is 2.22. The van der Waals surface area contributed by atoms with Crippen LogP contribution in [-0.4, -0.2) is 28.6 Å². The van der Waals surface area contributed by atoms with Crippen molar-refractivity contribution >= 4 is 11.7 Å². The number of nitrogens with zero attached hydrogens (tertiary/aromatic N) is 2. The van der Waals surface area contributed by atoms with Gasteiger partial charge in [0, 0.05) is 18.8 Å². The molecule has 0 amide bonds. The average molecular weight is 234 g/mol. The summed E-state index contributed by atoms with van der Waals surface area (Å²) in [5.41, 5.74) is 0.927. The van der Waals surface area contributed by atoms with Gasteiger partial charge >= 0.3 is 5.97 Å². The summed E-state index contributed by atoms with van der Waals surface area (Å²) in [6.45, 7) is 3.08. The lowest BCUT2D eigenvalue weighted by Crippen LogP contribution is -2.33. The predicted octanol–water partition coefficient (Wildman–Crippen LogP) is 2.55. The first-order valence-corrected chi connectivity index (χ1v) is 6.15. The topological polar surface area (TPSA) is 53.4 Å². The second kappa shape index (κ2) is 5.17. The van der Waals surface area contributed by atoms with E-state index in [4.69, 9.17) is 5.11 Å². The second-order valence-electron chi connectivity index (χ2n) is 4.57. The van der Waals surface area contributed by atoms with Gasteiger partial charge in [-0.1, -0.05) is 12.8 Å². The Labute approximate surface area is 101 Å². The number of pyridine rings is 1. The minimum atomic E-state index is -0.947. The summed E-state index contributed by atoms with van der Waals surface area (Å²) in [7, 11) is 0. The van der Waals surface area contributed by atoms with E-state index in [9.17, 15) is 4.79 Å². The smallest absolute Gasteiger partial charge is 0.356 e. The van der Waals surface area contributed by atoms with Crippen molar-refractivity contribution in [3.8, 4) is 0 Å². The molecule has 4 nitrogen and oxygen atoms in total. The van der Waals surface area contributed by atoms with Crippen LogP contribution in [0.3, 0.4) is 0 Å². The van der Waals surface area contributed by atoms with E-state index in [1.165, 1.54) is 19.0 Å². The quantitative estimate of drug-likeness (QED) is 0.854. The lowest BCUT2D eigenvalue weighted by atomic mass is 10.1. The Bertz CT molecular complexity index is 406. The van der Waals surface area contributed by atoms with Gasteiger partial charge in [0.15, 0.2) is 5.69 Å². The molecule has 0 bridgehead atoms. The molecule has 1 atom stereocenters. The molecular weight excluding hydrogens is 216 g/mol. The minimum absolute atomic E-state index is 0.168. The predicted molar refractivity (Wildman–Crippen MR) is 66.5 cm³/mol. The average Bonchev–Trinajstić information content (AvgIpc) is 2.54. The van der Waals surface area contributed by atoms with Crippen molar-refractivity contribution < 1.29 is 9.90 Å². The van der Waals surface area contributed by atoms with Gasteiger partial charge < -0.3 is 10.0 Å². The van der Waals surface area contributed by atoms with Gasteiger partial charge in [-0.15, -0.1) is 0 Å². The van der Waals surface area contributed by atoms with E-state index in [0.717, 1.165) is 25.1 Å². The van der Waals surface area contributed by atoms with Crippen LogP contribution in [0.15, 0.2) is 18.3 Å². The maximum Gasteiger partial charge on any atom is 0.356 e. The van der Waals surface area contributed by atoms with E-state index in [1.54, 1.807) is 6.07 Å². The number of aromatic carboxylic acids is 1. The fourth-order valence-electron chi connectivity index (χ4n) is 2.43. The third-order valence-corrected chi connectivity index (χ3v) is 3.35. The van der Waals surface area contributed by atoms with Gasteiger partial charge in [0.2, 0.25) is 0 Å². The molecule has 1 aliphatic rings. The standard InChI is InChI=1S/C13H18N2O2/c1-10-6-3-2-4-9-15(10)11-7-5-8-14-12(11)13(16)17/h5,7-8,10H,2-4,6,9H2,1H3,(H,16,17). The Morgan fingerprint density at radius 1 is 1.47 bits per heavy atom. The molecule has 17 heavy (non-hydrogen) atoms. The molecule has 4 heteroatoms. The van der Waals surface area contributed by atoms with Crippen LogP contribution >= 0.6 is 0 Å².